The molecular weight excluding hydrogens is 376 g/mol. The molecule has 0 aromatic heterocycles. The van der Waals surface area contributed by atoms with Crippen molar-refractivity contribution < 1.29 is 14.3 Å². The molecule has 30 heavy (non-hydrogen) atoms. The summed E-state index contributed by atoms with van der Waals surface area (Å²) in [5.74, 6) is 0.237. The Morgan fingerprint density at radius 2 is 1.77 bits per heavy atom. The average molecular weight is 407 g/mol. The van der Waals surface area contributed by atoms with Gasteiger partial charge in [-0.05, 0) is 61.8 Å². The zero-order valence-electron chi connectivity index (χ0n) is 17.5. The van der Waals surface area contributed by atoms with Gasteiger partial charge in [0.1, 0.15) is 0 Å². The molecule has 5 nitrogen and oxygen atoms in total. The van der Waals surface area contributed by atoms with Gasteiger partial charge in [-0.25, -0.2) is 0 Å². The summed E-state index contributed by atoms with van der Waals surface area (Å²) in [6.07, 6.45) is 3.60. The maximum absolute atomic E-state index is 13.0. The number of benzene rings is 2. The first kappa shape index (κ1) is 20.6. The number of piperidine rings is 1. The molecule has 2 fully saturated rings. The van der Waals surface area contributed by atoms with Crippen molar-refractivity contribution in [2.75, 3.05) is 13.2 Å². The van der Waals surface area contributed by atoms with E-state index < -0.39 is 0 Å². The van der Waals surface area contributed by atoms with Gasteiger partial charge in [0.15, 0.2) is 0 Å². The molecule has 4 rings (SSSR count). The number of carbonyl (C=O) groups is 2. The molecule has 1 aliphatic heterocycles. The molecule has 1 N–H and O–H groups in total. The van der Waals surface area contributed by atoms with Crippen LogP contribution in [0, 0.1) is 5.92 Å². The smallest absolute Gasteiger partial charge is 0.309 e. The van der Waals surface area contributed by atoms with Gasteiger partial charge in [-0.15, -0.1) is 0 Å². The minimum Gasteiger partial charge on any atom is -0.466 e. The van der Waals surface area contributed by atoms with Gasteiger partial charge in [-0.3, -0.25) is 14.5 Å². The maximum Gasteiger partial charge on any atom is 0.309 e. The fraction of sp³-hybridized carbons (Fsp3) is 0.440. The first-order valence-corrected chi connectivity index (χ1v) is 11.0. The van der Waals surface area contributed by atoms with E-state index in [2.05, 4.69) is 34.5 Å². The number of ether oxygens (including phenoxy) is 1. The van der Waals surface area contributed by atoms with Crippen LogP contribution in [0.3, 0.4) is 0 Å². The van der Waals surface area contributed by atoms with Gasteiger partial charge >= 0.3 is 5.97 Å². The summed E-state index contributed by atoms with van der Waals surface area (Å²) >= 11 is 0. The molecule has 1 saturated carbocycles. The summed E-state index contributed by atoms with van der Waals surface area (Å²) in [4.78, 5) is 27.5. The average Bonchev–Trinajstić information content (AvgIpc) is 3.61. The SMILES string of the molecule is CCOC(=O)C1CCN(Cc2ccccc2)C(NC(=O)c2ccc(C3CC3)cc2)C1. The van der Waals surface area contributed by atoms with Crippen LogP contribution < -0.4 is 5.32 Å². The summed E-state index contributed by atoms with van der Waals surface area (Å²) in [6, 6.07) is 18.2. The highest BCUT2D eigenvalue weighted by molar-refractivity contribution is 5.94. The van der Waals surface area contributed by atoms with E-state index in [1.165, 1.54) is 24.0 Å². The summed E-state index contributed by atoms with van der Waals surface area (Å²) in [6.45, 7) is 3.69. The van der Waals surface area contributed by atoms with Crippen LogP contribution in [0.5, 0.6) is 0 Å². The monoisotopic (exact) mass is 406 g/mol. The molecule has 2 aliphatic rings. The Morgan fingerprint density at radius 3 is 2.43 bits per heavy atom. The lowest BCUT2D eigenvalue weighted by atomic mass is 9.93. The van der Waals surface area contributed by atoms with Gasteiger partial charge < -0.3 is 10.1 Å². The quantitative estimate of drug-likeness (QED) is 0.704. The van der Waals surface area contributed by atoms with Crippen molar-refractivity contribution in [3.05, 3.63) is 71.3 Å². The van der Waals surface area contributed by atoms with Gasteiger partial charge in [-0.2, -0.15) is 0 Å². The number of rotatable bonds is 7. The maximum atomic E-state index is 13.0. The minimum absolute atomic E-state index is 0.0927. The number of hydrogen-bond acceptors (Lipinski definition) is 4. The van der Waals surface area contributed by atoms with Crippen LogP contribution in [0.25, 0.3) is 0 Å². The van der Waals surface area contributed by atoms with Crippen molar-refractivity contribution in [2.45, 2.75) is 51.2 Å². The number of hydrogen-bond donors (Lipinski definition) is 1. The van der Waals surface area contributed by atoms with E-state index in [1.54, 1.807) is 0 Å². The number of carbonyl (C=O) groups excluding carboxylic acids is 2. The summed E-state index contributed by atoms with van der Waals surface area (Å²) in [7, 11) is 0. The van der Waals surface area contributed by atoms with E-state index in [-0.39, 0.29) is 24.0 Å². The molecule has 0 spiro atoms. The number of likely N-dealkylation sites (tertiary alicyclic amines) is 1. The largest absolute Gasteiger partial charge is 0.466 e. The Bertz CT molecular complexity index is 862. The zero-order chi connectivity index (χ0) is 20.9. The van der Waals surface area contributed by atoms with Gasteiger partial charge in [0.05, 0.1) is 18.7 Å². The van der Waals surface area contributed by atoms with Crippen LogP contribution in [0.15, 0.2) is 54.6 Å². The number of nitrogens with zero attached hydrogens (tertiary/aromatic N) is 1. The predicted molar refractivity (Wildman–Crippen MR) is 116 cm³/mol. The Labute approximate surface area is 178 Å². The normalized spacial score (nSPS) is 21.8. The lowest BCUT2D eigenvalue weighted by Gasteiger charge is -2.39. The summed E-state index contributed by atoms with van der Waals surface area (Å²) in [5, 5.41) is 3.18. The van der Waals surface area contributed by atoms with Crippen LogP contribution in [0.4, 0.5) is 0 Å². The molecule has 0 bridgehead atoms. The van der Waals surface area contributed by atoms with Crippen molar-refractivity contribution in [1.82, 2.24) is 10.2 Å². The number of esters is 1. The van der Waals surface area contributed by atoms with Gasteiger partial charge in [-0.1, -0.05) is 42.5 Å². The molecule has 2 atom stereocenters. The van der Waals surface area contributed by atoms with E-state index in [0.29, 0.717) is 24.5 Å². The first-order valence-electron chi connectivity index (χ1n) is 11.0. The van der Waals surface area contributed by atoms with E-state index in [9.17, 15) is 9.59 Å². The van der Waals surface area contributed by atoms with Crippen LogP contribution in [-0.4, -0.2) is 36.1 Å². The molecule has 1 saturated heterocycles. The highest BCUT2D eigenvalue weighted by Crippen LogP contribution is 2.39. The second kappa shape index (κ2) is 9.43. The first-order chi connectivity index (χ1) is 14.6. The third-order valence-electron chi connectivity index (χ3n) is 6.08. The topological polar surface area (TPSA) is 58.6 Å². The molecule has 1 aliphatic carbocycles. The van der Waals surface area contributed by atoms with Crippen molar-refractivity contribution in [1.29, 1.82) is 0 Å². The summed E-state index contributed by atoms with van der Waals surface area (Å²) < 4.78 is 5.24. The third-order valence-corrected chi connectivity index (χ3v) is 6.08. The van der Waals surface area contributed by atoms with E-state index in [0.717, 1.165) is 19.5 Å². The molecule has 5 heteroatoms. The van der Waals surface area contributed by atoms with Crippen molar-refractivity contribution in [3.8, 4) is 0 Å². The van der Waals surface area contributed by atoms with Crippen LogP contribution in [-0.2, 0) is 16.1 Å². The lowest BCUT2D eigenvalue weighted by molar-refractivity contribution is -0.150. The standard InChI is InChI=1S/C25H30N2O3/c1-2-30-25(29)22-14-15-27(17-18-6-4-3-5-7-18)23(16-22)26-24(28)21-12-10-20(11-13-21)19-8-9-19/h3-7,10-13,19,22-23H,2,8-9,14-17H2,1H3,(H,26,28). The molecule has 2 aromatic rings. The van der Waals surface area contributed by atoms with Crippen LogP contribution >= 0.6 is 0 Å². The highest BCUT2D eigenvalue weighted by Gasteiger charge is 2.34. The third kappa shape index (κ3) is 5.08. The second-order valence-corrected chi connectivity index (χ2v) is 8.31. The van der Waals surface area contributed by atoms with Crippen LogP contribution in [0.2, 0.25) is 0 Å². The predicted octanol–water partition coefficient (Wildman–Crippen LogP) is 4.10. The van der Waals surface area contributed by atoms with Gasteiger partial charge in [0.25, 0.3) is 5.91 Å². The minimum atomic E-state index is -0.205. The Balaban J connectivity index is 1.46. The molecule has 158 valence electrons. The molecule has 1 heterocycles. The Kier molecular flexibility index (Phi) is 6.48. The molecule has 2 aromatic carbocycles. The lowest BCUT2D eigenvalue weighted by Crippen LogP contribution is -2.53. The van der Waals surface area contributed by atoms with Gasteiger partial charge in [0.2, 0.25) is 0 Å². The Hall–Kier alpha value is -2.66. The van der Waals surface area contributed by atoms with Gasteiger partial charge in [0, 0.05) is 18.7 Å². The number of nitrogens with one attached hydrogen (secondary N) is 1. The van der Waals surface area contributed by atoms with Crippen molar-refractivity contribution >= 4 is 11.9 Å². The van der Waals surface area contributed by atoms with Crippen molar-refractivity contribution in [2.24, 2.45) is 5.92 Å². The highest BCUT2D eigenvalue weighted by atomic mass is 16.5. The van der Waals surface area contributed by atoms with E-state index >= 15 is 0 Å². The van der Waals surface area contributed by atoms with Crippen molar-refractivity contribution in [3.63, 3.8) is 0 Å². The zero-order valence-corrected chi connectivity index (χ0v) is 17.5. The van der Waals surface area contributed by atoms with E-state index in [1.807, 2.05) is 37.3 Å². The molecule has 0 radical (unpaired) electrons. The molecular formula is C25H30N2O3. The fourth-order valence-corrected chi connectivity index (χ4v) is 4.20. The molecule has 2 unspecified atom stereocenters. The van der Waals surface area contributed by atoms with E-state index in [4.69, 9.17) is 4.74 Å². The fourth-order valence-electron chi connectivity index (χ4n) is 4.20. The second-order valence-electron chi connectivity index (χ2n) is 8.31. The number of amides is 1. The summed E-state index contributed by atoms with van der Waals surface area (Å²) in [5.41, 5.74) is 3.18. The van der Waals surface area contributed by atoms with Crippen LogP contribution in [0.1, 0.15) is 60.0 Å². The molecule has 1 amide bonds. The Morgan fingerprint density at radius 1 is 1.03 bits per heavy atom.